The summed E-state index contributed by atoms with van der Waals surface area (Å²) in [5.74, 6) is 1.81. The van der Waals surface area contributed by atoms with Crippen molar-refractivity contribution in [3.05, 3.63) is 77.0 Å². The van der Waals surface area contributed by atoms with Crippen LogP contribution in [0, 0.1) is 5.41 Å². The summed E-state index contributed by atoms with van der Waals surface area (Å²) in [5, 5.41) is 1.09. The van der Waals surface area contributed by atoms with Gasteiger partial charge in [-0.15, -0.1) is 0 Å². The Bertz CT molecular complexity index is 1340. The van der Waals surface area contributed by atoms with Crippen LogP contribution in [0.25, 0.3) is 17.0 Å². The number of rotatable bonds is 2. The fourth-order valence-electron chi connectivity index (χ4n) is 4.69. The first-order valence-electron chi connectivity index (χ1n) is 11.4. The zero-order valence-electron chi connectivity index (χ0n) is 20.2. The van der Waals surface area contributed by atoms with Crippen molar-refractivity contribution in [1.82, 2.24) is 4.98 Å². The van der Waals surface area contributed by atoms with E-state index in [4.69, 9.17) is 9.72 Å². The third-order valence-corrected chi connectivity index (χ3v) is 6.49. The Morgan fingerprint density at radius 2 is 1.76 bits per heavy atom. The van der Waals surface area contributed by atoms with Gasteiger partial charge in [0.25, 0.3) is 0 Å². The number of methoxy groups -OCH3 is 1. The van der Waals surface area contributed by atoms with Gasteiger partial charge in [-0.1, -0.05) is 46.8 Å². The number of aromatic nitrogens is 1. The molecule has 3 aromatic rings. The number of carbonyl (C=O) groups excluding carboxylic acids is 1. The molecule has 33 heavy (non-hydrogen) atoms. The van der Waals surface area contributed by atoms with E-state index in [2.05, 4.69) is 69.9 Å². The second-order valence-corrected chi connectivity index (χ2v) is 10.8. The molecule has 168 valence electrons. The Morgan fingerprint density at radius 3 is 2.42 bits per heavy atom. The van der Waals surface area contributed by atoms with Gasteiger partial charge in [0.05, 0.1) is 18.3 Å². The van der Waals surface area contributed by atoms with E-state index in [1.165, 1.54) is 5.56 Å². The molecule has 0 saturated heterocycles. The minimum Gasteiger partial charge on any atom is -0.497 e. The van der Waals surface area contributed by atoms with Crippen molar-refractivity contribution < 1.29 is 9.53 Å². The van der Waals surface area contributed by atoms with E-state index in [0.29, 0.717) is 6.42 Å². The number of benzene rings is 2. The largest absolute Gasteiger partial charge is 0.497 e. The van der Waals surface area contributed by atoms with Gasteiger partial charge >= 0.3 is 0 Å². The van der Waals surface area contributed by atoms with Crippen LogP contribution in [0.15, 0.2) is 65.9 Å². The van der Waals surface area contributed by atoms with Gasteiger partial charge in [0.1, 0.15) is 11.6 Å². The van der Waals surface area contributed by atoms with Crippen molar-refractivity contribution in [1.29, 1.82) is 0 Å². The number of ether oxygens (including phenoxy) is 1. The van der Waals surface area contributed by atoms with E-state index in [0.717, 1.165) is 45.0 Å². The monoisotopic (exact) mass is 438 g/mol. The summed E-state index contributed by atoms with van der Waals surface area (Å²) >= 11 is 0. The molecule has 1 aliphatic heterocycles. The summed E-state index contributed by atoms with van der Waals surface area (Å²) in [6.45, 7) is 10.9. The van der Waals surface area contributed by atoms with Gasteiger partial charge in [-0.05, 0) is 64.9 Å². The Kier molecular flexibility index (Phi) is 4.75. The van der Waals surface area contributed by atoms with Crippen LogP contribution in [0.1, 0.15) is 52.2 Å². The highest BCUT2D eigenvalue weighted by molar-refractivity contribution is 6.10. The average Bonchev–Trinajstić information content (AvgIpc) is 2.75. The summed E-state index contributed by atoms with van der Waals surface area (Å²) in [4.78, 5) is 20.4. The molecule has 0 saturated carbocycles. The van der Waals surface area contributed by atoms with Crippen molar-refractivity contribution in [2.45, 2.75) is 46.5 Å². The van der Waals surface area contributed by atoms with Gasteiger partial charge in [0.15, 0.2) is 5.78 Å². The molecule has 4 heteroatoms. The molecule has 0 bridgehead atoms. The van der Waals surface area contributed by atoms with Crippen LogP contribution in [0.4, 0.5) is 11.5 Å². The van der Waals surface area contributed by atoms with E-state index in [1.807, 2.05) is 30.3 Å². The molecule has 4 nitrogen and oxygen atoms in total. The lowest BCUT2D eigenvalue weighted by Crippen LogP contribution is -2.33. The number of allylic oxidation sites excluding steroid dienone is 2. The summed E-state index contributed by atoms with van der Waals surface area (Å²) in [5.41, 5.74) is 5.63. The number of pyridine rings is 1. The molecule has 0 atom stereocenters. The van der Waals surface area contributed by atoms with Gasteiger partial charge in [-0.2, -0.15) is 0 Å². The van der Waals surface area contributed by atoms with E-state index in [-0.39, 0.29) is 16.6 Å². The van der Waals surface area contributed by atoms with Gasteiger partial charge in [-0.25, -0.2) is 4.98 Å². The van der Waals surface area contributed by atoms with Crippen LogP contribution in [-0.4, -0.2) is 17.9 Å². The van der Waals surface area contributed by atoms with Crippen molar-refractivity contribution >= 4 is 34.3 Å². The molecule has 2 aromatic carbocycles. The van der Waals surface area contributed by atoms with Gasteiger partial charge in [0, 0.05) is 28.6 Å². The summed E-state index contributed by atoms with van der Waals surface area (Å²) in [6, 6.07) is 16.6. The third-order valence-electron chi connectivity index (χ3n) is 6.49. The summed E-state index contributed by atoms with van der Waals surface area (Å²) in [7, 11) is 1.66. The molecule has 0 radical (unpaired) electrons. The maximum atomic E-state index is 13.2. The molecule has 0 amide bonds. The van der Waals surface area contributed by atoms with E-state index in [9.17, 15) is 4.79 Å². The maximum absolute atomic E-state index is 13.2. The van der Waals surface area contributed by atoms with E-state index < -0.39 is 0 Å². The smallest absolute Gasteiger partial charge is 0.165 e. The van der Waals surface area contributed by atoms with Gasteiger partial charge in [0.2, 0.25) is 0 Å². The Morgan fingerprint density at radius 1 is 1.03 bits per heavy atom. The molecule has 0 N–H and O–H groups in total. The van der Waals surface area contributed by atoms with Crippen LogP contribution < -0.4 is 9.64 Å². The fourth-order valence-corrected chi connectivity index (χ4v) is 4.69. The molecular weight excluding hydrogens is 408 g/mol. The van der Waals surface area contributed by atoms with Crippen LogP contribution >= 0.6 is 0 Å². The maximum Gasteiger partial charge on any atom is 0.165 e. The van der Waals surface area contributed by atoms with Crippen LogP contribution in [0.2, 0.25) is 0 Å². The first-order chi connectivity index (χ1) is 15.6. The molecule has 0 fully saturated rings. The lowest BCUT2D eigenvalue weighted by atomic mass is 9.77. The Hall–Kier alpha value is -3.40. The standard InChI is InChI=1S/C29H30N2O2/c1-28(2,3)20-7-12-24-18(14-20)13-19-15-23-25(16-29(4,5)17-26(23)32)31(27(19)30-24)21-8-10-22(33-6)11-9-21/h7-16H,17H2,1-6H3. The first-order valence-corrected chi connectivity index (χ1v) is 11.4. The number of Topliss-reactive ketones (excluding diaryl/α,β-unsaturated/α-hetero) is 1. The minimum atomic E-state index is -0.218. The topological polar surface area (TPSA) is 42.4 Å². The molecule has 5 rings (SSSR count). The fraction of sp³-hybridized carbons (Fsp3) is 0.310. The predicted molar refractivity (Wildman–Crippen MR) is 135 cm³/mol. The number of nitrogens with zero attached hydrogens (tertiary/aromatic N) is 2. The number of fused-ring (bicyclic) bond motifs is 3. The van der Waals surface area contributed by atoms with Crippen LogP contribution in [0.3, 0.4) is 0 Å². The second kappa shape index (κ2) is 7.31. The number of hydrogen-bond acceptors (Lipinski definition) is 4. The molecule has 1 aromatic heterocycles. The van der Waals surface area contributed by atoms with Gasteiger partial charge in [-0.3, -0.25) is 9.69 Å². The van der Waals surface area contributed by atoms with Crippen LogP contribution in [-0.2, 0) is 10.2 Å². The van der Waals surface area contributed by atoms with Crippen molar-refractivity contribution in [2.24, 2.45) is 5.41 Å². The molecule has 0 unspecified atom stereocenters. The normalized spacial score (nSPS) is 17.3. The quantitative estimate of drug-likeness (QED) is 0.434. The van der Waals surface area contributed by atoms with Crippen LogP contribution in [0.5, 0.6) is 5.75 Å². The highest BCUT2D eigenvalue weighted by Gasteiger charge is 2.37. The van der Waals surface area contributed by atoms with E-state index >= 15 is 0 Å². The molecular formula is C29H30N2O2. The molecule has 0 spiro atoms. The summed E-state index contributed by atoms with van der Waals surface area (Å²) in [6.07, 6.45) is 4.74. The van der Waals surface area contributed by atoms with Gasteiger partial charge < -0.3 is 4.74 Å². The number of ketones is 1. The van der Waals surface area contributed by atoms with Crippen molar-refractivity contribution in [3.8, 4) is 5.75 Å². The van der Waals surface area contributed by atoms with E-state index in [1.54, 1.807) is 7.11 Å². The highest BCUT2D eigenvalue weighted by atomic mass is 16.5. The highest BCUT2D eigenvalue weighted by Crippen LogP contribution is 2.46. The third kappa shape index (κ3) is 3.74. The second-order valence-electron chi connectivity index (χ2n) is 10.8. The molecule has 2 aliphatic rings. The van der Waals surface area contributed by atoms with Crippen molar-refractivity contribution in [2.75, 3.05) is 12.0 Å². The lowest BCUT2D eigenvalue weighted by molar-refractivity contribution is -0.116. The molecule has 1 aliphatic carbocycles. The Labute approximate surface area is 195 Å². The Balaban J connectivity index is 1.77. The zero-order chi connectivity index (χ0) is 23.5. The SMILES string of the molecule is COc1ccc(N2C3=CC(C)(C)CC(=O)C3=Cc3cc4cc(C(C)(C)C)ccc4nc32)cc1. The summed E-state index contributed by atoms with van der Waals surface area (Å²) < 4.78 is 5.36. The predicted octanol–water partition coefficient (Wildman–Crippen LogP) is 6.96. The molecule has 2 heterocycles. The minimum absolute atomic E-state index is 0.0541. The number of carbonyl (C=O) groups is 1. The zero-order valence-corrected chi connectivity index (χ0v) is 20.2. The number of anilines is 2. The first kappa shape index (κ1) is 21.4. The lowest BCUT2D eigenvalue weighted by Gasteiger charge is -2.38. The average molecular weight is 439 g/mol. The van der Waals surface area contributed by atoms with Crippen molar-refractivity contribution in [3.63, 3.8) is 0 Å². The number of hydrogen-bond donors (Lipinski definition) is 0.